The van der Waals surface area contributed by atoms with Crippen molar-refractivity contribution >= 4 is 39.6 Å². The van der Waals surface area contributed by atoms with E-state index in [2.05, 4.69) is 15.9 Å². The molecule has 7 heteroatoms. The number of nitrogens with two attached hydrogens (primary N) is 1. The van der Waals surface area contributed by atoms with E-state index >= 15 is 0 Å². The van der Waals surface area contributed by atoms with Crippen molar-refractivity contribution in [1.29, 1.82) is 0 Å². The van der Waals surface area contributed by atoms with Crippen molar-refractivity contribution in [2.45, 2.75) is 37.4 Å². The smallest absolute Gasteiger partial charge is 0.321 e. The van der Waals surface area contributed by atoms with Gasteiger partial charge in [-0.3, -0.25) is 14.5 Å². The van der Waals surface area contributed by atoms with Gasteiger partial charge in [-0.15, -0.1) is 11.8 Å². The van der Waals surface area contributed by atoms with Crippen LogP contribution >= 0.6 is 27.7 Å². The van der Waals surface area contributed by atoms with Gasteiger partial charge in [-0.2, -0.15) is 0 Å². The summed E-state index contributed by atoms with van der Waals surface area (Å²) in [6.07, 6.45) is 0. The number of aliphatic carboxylic acids is 1. The Morgan fingerprint density at radius 1 is 1.53 bits per heavy atom. The van der Waals surface area contributed by atoms with E-state index in [9.17, 15) is 14.7 Å². The van der Waals surface area contributed by atoms with Crippen molar-refractivity contribution in [2.24, 2.45) is 11.1 Å². The van der Waals surface area contributed by atoms with Crippen LogP contribution in [-0.2, 0) is 9.59 Å². The Hall–Kier alpha value is -0.530. The maximum Gasteiger partial charge on any atom is 0.321 e. The van der Waals surface area contributed by atoms with E-state index < -0.39 is 17.3 Å². The molecule has 2 heterocycles. The SMILES string of the molecule is CC(C)(C)C1=C(CBr)C(C(=O)O)S[C@@H]2C(N)C(=O)N12. The summed E-state index contributed by atoms with van der Waals surface area (Å²) in [5, 5.41) is 8.92. The minimum absolute atomic E-state index is 0.121. The summed E-state index contributed by atoms with van der Waals surface area (Å²) in [5.74, 6) is -1.00. The molecule has 2 aliphatic rings. The van der Waals surface area contributed by atoms with Gasteiger partial charge in [0.1, 0.15) is 16.7 Å². The number of allylic oxidation sites excluding steroid dienone is 1. The second-order valence-electron chi connectivity index (χ2n) is 5.74. The Morgan fingerprint density at radius 3 is 2.53 bits per heavy atom. The summed E-state index contributed by atoms with van der Waals surface area (Å²) in [5.41, 5.74) is 7.04. The predicted octanol–water partition coefficient (Wildman–Crippen LogP) is 1.38. The molecular formula is C12H17BrN2O3S. The van der Waals surface area contributed by atoms with Crippen molar-refractivity contribution in [1.82, 2.24) is 4.90 Å². The summed E-state index contributed by atoms with van der Waals surface area (Å²) < 4.78 is 0. The quantitative estimate of drug-likeness (QED) is 0.581. The van der Waals surface area contributed by atoms with Gasteiger partial charge in [0.2, 0.25) is 5.91 Å². The Morgan fingerprint density at radius 2 is 2.11 bits per heavy atom. The van der Waals surface area contributed by atoms with Gasteiger partial charge in [0.05, 0.1) is 0 Å². The molecule has 2 aliphatic heterocycles. The summed E-state index contributed by atoms with van der Waals surface area (Å²) in [6, 6.07) is -0.596. The standard InChI is InChI=1S/C12H17BrN2O3S/c1-12(2,3)8-5(4-13)7(11(17)18)19-10-6(14)9(16)15(8)10/h6-7,10H,4,14H2,1-3H3,(H,17,18)/t6?,7?,10-/m1/s1. The van der Waals surface area contributed by atoms with Crippen molar-refractivity contribution in [2.75, 3.05) is 5.33 Å². The molecular weight excluding hydrogens is 332 g/mol. The van der Waals surface area contributed by atoms with Crippen LogP contribution in [-0.4, -0.2) is 43.9 Å². The highest BCUT2D eigenvalue weighted by molar-refractivity contribution is 9.09. The predicted molar refractivity (Wildman–Crippen MR) is 77.9 cm³/mol. The van der Waals surface area contributed by atoms with E-state index in [1.807, 2.05) is 20.8 Å². The first kappa shape index (κ1) is 14.9. The fourth-order valence-electron chi connectivity index (χ4n) is 2.55. The highest BCUT2D eigenvalue weighted by Crippen LogP contribution is 2.49. The number of rotatable bonds is 2. The first-order valence-electron chi connectivity index (χ1n) is 5.96. The van der Waals surface area contributed by atoms with Gasteiger partial charge >= 0.3 is 5.97 Å². The molecule has 1 fully saturated rings. The third kappa shape index (κ3) is 2.21. The second-order valence-corrected chi connectivity index (χ2v) is 7.52. The lowest BCUT2D eigenvalue weighted by atomic mass is 9.84. The van der Waals surface area contributed by atoms with Crippen molar-refractivity contribution in [3.63, 3.8) is 0 Å². The Kier molecular flexibility index (Phi) is 3.75. The maximum atomic E-state index is 12.0. The second kappa shape index (κ2) is 4.79. The molecule has 0 aromatic rings. The third-order valence-corrected chi connectivity index (χ3v) is 5.45. The number of β-lactam (4-membered cyclic amide) rings is 1. The van der Waals surface area contributed by atoms with Gasteiger partial charge in [-0.25, -0.2) is 0 Å². The monoisotopic (exact) mass is 348 g/mol. The molecule has 2 rings (SSSR count). The van der Waals surface area contributed by atoms with Crippen LogP contribution in [0.1, 0.15) is 20.8 Å². The molecule has 0 spiro atoms. The van der Waals surface area contributed by atoms with E-state index in [1.54, 1.807) is 4.90 Å². The number of nitrogens with zero attached hydrogens (tertiary/aromatic N) is 1. The average Bonchev–Trinajstić information content (AvgIpc) is 2.33. The van der Waals surface area contributed by atoms with Crippen LogP contribution in [0.25, 0.3) is 0 Å². The maximum absolute atomic E-state index is 12.0. The van der Waals surface area contributed by atoms with Crippen LogP contribution in [0, 0.1) is 5.41 Å². The van der Waals surface area contributed by atoms with E-state index in [0.717, 1.165) is 11.3 Å². The summed E-state index contributed by atoms with van der Waals surface area (Å²) in [4.78, 5) is 25.1. The Balaban J connectivity index is 2.56. The number of halogens is 1. The lowest BCUT2D eigenvalue weighted by Crippen LogP contribution is -2.69. The minimum atomic E-state index is -0.882. The zero-order valence-corrected chi connectivity index (χ0v) is 13.4. The average molecular weight is 349 g/mol. The third-order valence-electron chi connectivity index (χ3n) is 3.30. The molecule has 5 nitrogen and oxygen atoms in total. The topological polar surface area (TPSA) is 83.6 Å². The van der Waals surface area contributed by atoms with E-state index in [4.69, 9.17) is 5.73 Å². The number of alkyl halides is 1. The molecule has 0 aromatic heterocycles. The first-order chi connectivity index (χ1) is 8.70. The first-order valence-corrected chi connectivity index (χ1v) is 8.03. The molecule has 106 valence electrons. The molecule has 0 radical (unpaired) electrons. The van der Waals surface area contributed by atoms with Crippen LogP contribution in [0.5, 0.6) is 0 Å². The molecule has 19 heavy (non-hydrogen) atoms. The molecule has 1 amide bonds. The number of hydrogen-bond acceptors (Lipinski definition) is 4. The van der Waals surface area contributed by atoms with Crippen molar-refractivity contribution in [3.8, 4) is 0 Å². The van der Waals surface area contributed by atoms with Gasteiger partial charge in [0, 0.05) is 16.4 Å². The molecule has 2 unspecified atom stereocenters. The zero-order valence-electron chi connectivity index (χ0n) is 11.0. The molecule has 0 saturated carbocycles. The highest BCUT2D eigenvalue weighted by Gasteiger charge is 2.55. The zero-order chi connectivity index (χ0) is 14.5. The molecule has 3 N–H and O–H groups in total. The number of carbonyl (C=O) groups excluding carboxylic acids is 1. The number of carboxylic acid groups (broad SMARTS) is 1. The van der Waals surface area contributed by atoms with Crippen LogP contribution in [0.4, 0.5) is 0 Å². The Labute approximate surface area is 124 Å². The summed E-state index contributed by atoms with van der Waals surface area (Å²) >= 11 is 4.60. The molecule has 0 aromatic carbocycles. The molecule has 0 aliphatic carbocycles. The van der Waals surface area contributed by atoms with Crippen LogP contribution < -0.4 is 5.73 Å². The minimum Gasteiger partial charge on any atom is -0.480 e. The van der Waals surface area contributed by atoms with E-state index in [-0.39, 0.29) is 16.7 Å². The van der Waals surface area contributed by atoms with Gasteiger partial charge in [-0.1, -0.05) is 36.7 Å². The molecule has 1 saturated heterocycles. The Bertz CT molecular complexity index is 472. The number of hydrogen-bond donors (Lipinski definition) is 2. The van der Waals surface area contributed by atoms with Crippen molar-refractivity contribution in [3.05, 3.63) is 11.3 Å². The van der Waals surface area contributed by atoms with E-state index in [1.165, 1.54) is 11.8 Å². The molecule has 3 atom stereocenters. The fraction of sp³-hybridized carbons (Fsp3) is 0.667. The highest BCUT2D eigenvalue weighted by atomic mass is 79.9. The van der Waals surface area contributed by atoms with Gasteiger partial charge in [-0.05, 0) is 5.57 Å². The van der Waals surface area contributed by atoms with Crippen LogP contribution in [0.15, 0.2) is 11.3 Å². The lowest BCUT2D eigenvalue weighted by Gasteiger charge is -2.53. The fourth-order valence-corrected chi connectivity index (χ4v) is 4.73. The summed E-state index contributed by atoms with van der Waals surface area (Å²) in [7, 11) is 0. The number of amides is 1. The van der Waals surface area contributed by atoms with Gasteiger partial charge in [0.25, 0.3) is 0 Å². The summed E-state index contributed by atoms with van der Waals surface area (Å²) in [6.45, 7) is 5.94. The number of thioether (sulfide) groups is 1. The van der Waals surface area contributed by atoms with E-state index in [0.29, 0.717) is 5.33 Å². The largest absolute Gasteiger partial charge is 0.480 e. The van der Waals surface area contributed by atoms with Crippen LogP contribution in [0.3, 0.4) is 0 Å². The van der Waals surface area contributed by atoms with Gasteiger partial charge in [0.15, 0.2) is 0 Å². The molecule has 0 bridgehead atoms. The number of carbonyl (C=O) groups is 2. The van der Waals surface area contributed by atoms with Crippen LogP contribution in [0.2, 0.25) is 0 Å². The van der Waals surface area contributed by atoms with Crippen molar-refractivity contribution < 1.29 is 14.7 Å². The lowest BCUT2D eigenvalue weighted by molar-refractivity contribution is -0.143. The van der Waals surface area contributed by atoms with Gasteiger partial charge < -0.3 is 10.8 Å². The normalized spacial score (nSPS) is 31.1. The number of carboxylic acids is 1. The number of fused-ring (bicyclic) bond motifs is 1.